The van der Waals surface area contributed by atoms with E-state index in [4.69, 9.17) is 0 Å². The number of H-pyrrole nitrogens is 1. The van der Waals surface area contributed by atoms with Crippen LogP contribution in [0.25, 0.3) is 0 Å². The average molecular weight is 737 g/mol. The molecule has 1 aliphatic heterocycles. The molecule has 0 bridgehead atoms. The number of hydrogen-bond donors (Lipinski definition) is 5. The highest BCUT2D eigenvalue weighted by molar-refractivity contribution is 6.38. The Bertz CT molecular complexity index is 1570. The van der Waals surface area contributed by atoms with Crippen LogP contribution in [0.2, 0.25) is 0 Å². The van der Waals surface area contributed by atoms with Crippen LogP contribution >= 0.6 is 0 Å². The van der Waals surface area contributed by atoms with Crippen molar-refractivity contribution >= 4 is 41.1 Å². The van der Waals surface area contributed by atoms with Crippen molar-refractivity contribution in [2.24, 2.45) is 17.3 Å². The van der Waals surface area contributed by atoms with E-state index < -0.39 is 59.0 Å². The molecule has 5 amide bonds. The zero-order valence-corrected chi connectivity index (χ0v) is 32.4. The number of hydrogen-bond acceptors (Lipinski definition) is 7. The minimum atomic E-state index is -1.02. The molecule has 3 aliphatic carbocycles. The molecule has 292 valence electrons. The molecule has 4 fully saturated rings. The number of likely N-dealkylation sites (tertiary alicyclic amines) is 1. The minimum Gasteiger partial charge on any atom is -0.348 e. The summed E-state index contributed by atoms with van der Waals surface area (Å²) in [6.45, 7) is 10.6. The van der Waals surface area contributed by atoms with Crippen LogP contribution in [0.5, 0.6) is 0 Å². The van der Waals surface area contributed by atoms with Crippen LogP contribution in [0.15, 0.2) is 6.07 Å². The Kier molecular flexibility index (Phi) is 12.9. The quantitative estimate of drug-likeness (QED) is 0.141. The lowest BCUT2D eigenvalue weighted by molar-refractivity contribution is -0.147. The van der Waals surface area contributed by atoms with Crippen LogP contribution in [-0.2, 0) is 24.0 Å². The number of ketones is 2. The van der Waals surface area contributed by atoms with E-state index in [1.165, 1.54) is 6.92 Å². The highest BCUT2D eigenvalue weighted by atomic mass is 16.2. The Morgan fingerprint density at radius 2 is 1.55 bits per heavy atom. The van der Waals surface area contributed by atoms with E-state index in [0.29, 0.717) is 30.5 Å². The van der Waals surface area contributed by atoms with Crippen molar-refractivity contribution in [3.8, 4) is 0 Å². The molecule has 1 saturated heterocycles. The van der Waals surface area contributed by atoms with E-state index in [2.05, 4.69) is 26.3 Å². The summed E-state index contributed by atoms with van der Waals surface area (Å²) in [4.78, 5) is 99.5. The van der Waals surface area contributed by atoms with Gasteiger partial charge in [0.25, 0.3) is 11.8 Å². The van der Waals surface area contributed by atoms with Gasteiger partial charge >= 0.3 is 0 Å². The Labute approximate surface area is 313 Å². The van der Waals surface area contributed by atoms with Gasteiger partial charge in [0.1, 0.15) is 23.8 Å². The Morgan fingerprint density at radius 1 is 0.887 bits per heavy atom. The Morgan fingerprint density at radius 3 is 2.15 bits per heavy atom. The Balaban J connectivity index is 1.39. The van der Waals surface area contributed by atoms with Gasteiger partial charge in [0.15, 0.2) is 5.78 Å². The summed E-state index contributed by atoms with van der Waals surface area (Å²) in [5.41, 5.74) is 0.390. The fourth-order valence-corrected chi connectivity index (χ4v) is 8.64. The third-order valence-corrected chi connectivity index (χ3v) is 11.7. The van der Waals surface area contributed by atoms with Crippen molar-refractivity contribution in [2.45, 2.75) is 168 Å². The number of aromatic nitrogens is 1. The maximum atomic E-state index is 14.9. The van der Waals surface area contributed by atoms with Gasteiger partial charge in [0.2, 0.25) is 23.5 Å². The number of nitrogens with one attached hydrogen (secondary N) is 5. The predicted octanol–water partition coefficient (Wildman–Crippen LogP) is 4.03. The van der Waals surface area contributed by atoms with Crippen molar-refractivity contribution in [1.29, 1.82) is 0 Å². The molecule has 3 saturated carbocycles. The fourth-order valence-electron chi connectivity index (χ4n) is 8.64. The molecular weight excluding hydrogens is 676 g/mol. The number of nitrogens with zero attached hydrogens (tertiary/aromatic N) is 1. The molecule has 1 aromatic heterocycles. The lowest BCUT2D eigenvalue weighted by Crippen LogP contribution is -2.63. The molecule has 1 aromatic rings. The van der Waals surface area contributed by atoms with E-state index in [-0.39, 0.29) is 41.3 Å². The van der Waals surface area contributed by atoms with E-state index in [1.807, 2.05) is 27.7 Å². The third-order valence-electron chi connectivity index (χ3n) is 11.7. The SMILES string of the molecule is CCC[C@H](NC(=O)[C@@H]1C[C@@H]2CCCC[C@@H]2N1C(=O)[C@@H](NC(=O)[C@@H](NC(=O)c1cc(C)c(C(C)=O)[nH]1)C1CCCCC1)C(C)(C)C)C(=O)C(=O)NC1CC1. The van der Waals surface area contributed by atoms with E-state index in [0.717, 1.165) is 70.6 Å². The van der Waals surface area contributed by atoms with Crippen LogP contribution < -0.4 is 21.3 Å². The highest BCUT2D eigenvalue weighted by Gasteiger charge is 2.51. The summed E-state index contributed by atoms with van der Waals surface area (Å²) >= 11 is 0. The van der Waals surface area contributed by atoms with Gasteiger partial charge in [-0.25, -0.2) is 0 Å². The molecule has 4 aliphatic rings. The molecule has 5 N–H and O–H groups in total. The number of rotatable bonds is 14. The normalized spacial score (nSPS) is 23.6. The monoisotopic (exact) mass is 736 g/mol. The molecule has 0 unspecified atom stereocenters. The molecule has 13 heteroatoms. The second-order valence-corrected chi connectivity index (χ2v) is 17.0. The Hall–Kier alpha value is -4.03. The molecule has 2 heterocycles. The van der Waals surface area contributed by atoms with Crippen molar-refractivity contribution in [2.75, 3.05) is 0 Å². The van der Waals surface area contributed by atoms with Gasteiger partial charge in [-0.3, -0.25) is 33.6 Å². The van der Waals surface area contributed by atoms with Gasteiger partial charge in [-0.15, -0.1) is 0 Å². The second kappa shape index (κ2) is 17.0. The molecule has 6 atom stereocenters. The maximum Gasteiger partial charge on any atom is 0.289 e. The molecule has 5 rings (SSSR count). The lowest BCUT2D eigenvalue weighted by Gasteiger charge is -2.40. The zero-order chi connectivity index (χ0) is 38.6. The highest BCUT2D eigenvalue weighted by Crippen LogP contribution is 2.41. The van der Waals surface area contributed by atoms with Crippen molar-refractivity contribution < 1.29 is 33.6 Å². The first-order valence-corrected chi connectivity index (χ1v) is 19.9. The smallest absolute Gasteiger partial charge is 0.289 e. The van der Waals surface area contributed by atoms with Crippen LogP contribution in [0.3, 0.4) is 0 Å². The van der Waals surface area contributed by atoms with Gasteiger partial charge in [-0.1, -0.05) is 66.2 Å². The first-order valence-electron chi connectivity index (χ1n) is 19.9. The molecule has 0 radical (unpaired) electrons. The van der Waals surface area contributed by atoms with Crippen LogP contribution in [0.1, 0.15) is 151 Å². The number of aromatic amines is 1. The maximum absolute atomic E-state index is 14.9. The van der Waals surface area contributed by atoms with Gasteiger partial charge < -0.3 is 31.2 Å². The largest absolute Gasteiger partial charge is 0.348 e. The molecule has 0 aromatic carbocycles. The fraction of sp³-hybridized carbons (Fsp3) is 0.725. The number of carbonyl (C=O) groups excluding carboxylic acids is 7. The van der Waals surface area contributed by atoms with Gasteiger partial charge in [-0.2, -0.15) is 0 Å². The summed E-state index contributed by atoms with van der Waals surface area (Å²) < 4.78 is 0. The zero-order valence-electron chi connectivity index (χ0n) is 32.4. The van der Waals surface area contributed by atoms with Crippen molar-refractivity contribution in [3.05, 3.63) is 23.0 Å². The molecular formula is C40H60N6O7. The van der Waals surface area contributed by atoms with Gasteiger partial charge in [0, 0.05) is 19.0 Å². The van der Waals surface area contributed by atoms with Crippen LogP contribution in [0, 0.1) is 24.2 Å². The van der Waals surface area contributed by atoms with Crippen LogP contribution in [0.4, 0.5) is 0 Å². The minimum absolute atomic E-state index is 0.00308. The summed E-state index contributed by atoms with van der Waals surface area (Å²) in [7, 11) is 0. The van der Waals surface area contributed by atoms with E-state index in [1.54, 1.807) is 17.9 Å². The first kappa shape index (κ1) is 40.2. The second-order valence-electron chi connectivity index (χ2n) is 17.0. The molecule has 13 nitrogen and oxygen atoms in total. The number of amides is 5. The average Bonchev–Trinajstić information content (AvgIpc) is 3.70. The van der Waals surface area contributed by atoms with Gasteiger partial charge in [-0.05, 0) is 87.2 Å². The van der Waals surface area contributed by atoms with Crippen molar-refractivity contribution in [3.63, 3.8) is 0 Å². The van der Waals surface area contributed by atoms with E-state index in [9.17, 15) is 33.6 Å². The summed E-state index contributed by atoms with van der Waals surface area (Å²) in [6.07, 6.45) is 10.8. The van der Waals surface area contributed by atoms with Gasteiger partial charge in [0.05, 0.1) is 11.7 Å². The summed E-state index contributed by atoms with van der Waals surface area (Å²) in [5, 5.41) is 11.6. The number of aryl methyl sites for hydroxylation is 1. The number of carbonyl (C=O) groups is 7. The van der Waals surface area contributed by atoms with E-state index >= 15 is 0 Å². The van der Waals surface area contributed by atoms with Crippen LogP contribution in [-0.4, -0.2) is 87.2 Å². The third kappa shape index (κ3) is 9.56. The van der Waals surface area contributed by atoms with Crippen molar-refractivity contribution in [1.82, 2.24) is 31.2 Å². The summed E-state index contributed by atoms with van der Waals surface area (Å²) in [6, 6.07) is -2.41. The standard InChI is InChI=1S/C40H60N6O7/c1-7-13-27(33(48)38(52)41-26-18-19-26)43-36(50)30-21-25-16-11-12-17-29(25)46(30)39(53)34(40(4,5)6)45-37(51)32(24-14-9-8-10-15-24)44-35(49)28-20-22(2)31(42-28)23(3)47/h20,24-27,29-30,32,34,42H,7-19,21H2,1-6H3,(H,41,52)(H,43,50)(H,44,49)(H,45,51)/t25-,27-,29-,30-,32-,34+/m0/s1. The number of fused-ring (bicyclic) bond motifs is 1. The summed E-state index contributed by atoms with van der Waals surface area (Å²) in [5.74, 6) is -3.43. The molecule has 0 spiro atoms. The first-order chi connectivity index (χ1) is 25.1. The lowest BCUT2D eigenvalue weighted by atomic mass is 9.81. The topological polar surface area (TPSA) is 187 Å². The number of Topliss-reactive ketones (excluding diaryl/α,β-unsaturated/α-hetero) is 2. The molecule has 53 heavy (non-hydrogen) atoms. The predicted molar refractivity (Wildman–Crippen MR) is 199 cm³/mol.